The highest BCUT2D eigenvalue weighted by Crippen LogP contribution is 2.31. The molecule has 11 heteroatoms. The van der Waals surface area contributed by atoms with Crippen molar-refractivity contribution in [3.8, 4) is 0 Å². The minimum absolute atomic E-state index is 0.218. The fraction of sp³-hybridized carbons (Fsp3) is 0.200. The Balaban J connectivity index is 2.39. The zero-order valence-electron chi connectivity index (χ0n) is 10.2. The average molecular weight is 341 g/mol. The van der Waals surface area contributed by atoms with Gasteiger partial charge in [0.1, 0.15) is 0 Å². The van der Waals surface area contributed by atoms with Gasteiger partial charge in [0.15, 0.2) is 0 Å². The lowest BCUT2D eigenvalue weighted by molar-refractivity contribution is -0.0748. The molecule has 114 valence electrons. The molecule has 0 spiro atoms. The second-order valence-corrected chi connectivity index (χ2v) is 6.19. The van der Waals surface area contributed by atoms with E-state index in [0.717, 1.165) is 0 Å². The molecular formula is C10H6F3NO5S2. The molecule has 0 saturated heterocycles. The van der Waals surface area contributed by atoms with Gasteiger partial charge in [0, 0.05) is 4.90 Å². The molecule has 6 nitrogen and oxygen atoms in total. The number of fused-ring (bicyclic) bond motifs is 1. The number of amides is 2. The zero-order chi connectivity index (χ0) is 16.0. The molecule has 0 N–H and O–H groups in total. The van der Waals surface area contributed by atoms with Crippen LogP contribution in [0.3, 0.4) is 0 Å². The first-order valence-corrected chi connectivity index (χ1v) is 7.79. The molecule has 0 bridgehead atoms. The monoisotopic (exact) mass is 341 g/mol. The first-order chi connectivity index (χ1) is 9.58. The van der Waals surface area contributed by atoms with Crippen LogP contribution in [0.5, 0.6) is 0 Å². The fourth-order valence-corrected chi connectivity index (χ4v) is 2.39. The molecule has 2 rings (SSSR count). The molecule has 1 aliphatic rings. The van der Waals surface area contributed by atoms with Crippen molar-refractivity contribution in [1.29, 1.82) is 0 Å². The maximum atomic E-state index is 12.2. The largest absolute Gasteiger partial charge is 0.525 e. The number of imide groups is 1. The second kappa shape index (κ2) is 5.00. The molecule has 0 aromatic heterocycles. The van der Waals surface area contributed by atoms with E-state index in [0.29, 0.717) is 4.90 Å². The van der Waals surface area contributed by atoms with Crippen molar-refractivity contribution in [1.82, 2.24) is 5.06 Å². The number of hydrogen-bond acceptors (Lipinski definition) is 6. The van der Waals surface area contributed by atoms with Crippen LogP contribution in [-0.2, 0) is 14.4 Å². The van der Waals surface area contributed by atoms with Crippen LogP contribution < -0.4 is 0 Å². The van der Waals surface area contributed by atoms with Crippen molar-refractivity contribution in [2.75, 3.05) is 6.26 Å². The summed E-state index contributed by atoms with van der Waals surface area (Å²) < 4.78 is 62.0. The Bertz CT molecular complexity index is 729. The fourth-order valence-electron chi connectivity index (χ4n) is 1.53. The number of thioether (sulfide) groups is 1. The highest BCUT2D eigenvalue weighted by atomic mass is 32.2. The van der Waals surface area contributed by atoms with E-state index >= 15 is 0 Å². The molecule has 1 aromatic carbocycles. The van der Waals surface area contributed by atoms with E-state index in [2.05, 4.69) is 4.28 Å². The lowest BCUT2D eigenvalue weighted by Gasteiger charge is -2.14. The predicted octanol–water partition coefficient (Wildman–Crippen LogP) is 1.79. The molecular weight excluding hydrogens is 335 g/mol. The molecule has 1 heterocycles. The zero-order valence-corrected chi connectivity index (χ0v) is 11.8. The van der Waals surface area contributed by atoms with Gasteiger partial charge in [-0.15, -0.1) is 21.1 Å². The maximum absolute atomic E-state index is 12.2. The Labute approximate surface area is 120 Å². The van der Waals surface area contributed by atoms with Crippen molar-refractivity contribution >= 4 is 33.7 Å². The molecule has 0 radical (unpaired) electrons. The van der Waals surface area contributed by atoms with Crippen LogP contribution in [0.15, 0.2) is 23.1 Å². The van der Waals surface area contributed by atoms with Gasteiger partial charge in [-0.25, -0.2) is 0 Å². The summed E-state index contributed by atoms with van der Waals surface area (Å²) in [6.07, 6.45) is 1.69. The standard InChI is InChI=1S/C10H6F3NO5S2/c1-20-5-2-3-6-7(4-5)9(16)14(8(6)15)19-21(17,18)10(11,12)13/h2-4H,1H3. The number of rotatable bonds is 3. The number of alkyl halides is 3. The molecule has 2 amide bonds. The topological polar surface area (TPSA) is 80.8 Å². The van der Waals surface area contributed by atoms with E-state index in [9.17, 15) is 31.2 Å². The summed E-state index contributed by atoms with van der Waals surface area (Å²) in [5.74, 6) is -2.53. The smallest absolute Gasteiger partial charge is 0.266 e. The lowest BCUT2D eigenvalue weighted by atomic mass is 10.1. The number of benzene rings is 1. The van der Waals surface area contributed by atoms with Crippen LogP contribution >= 0.6 is 11.8 Å². The van der Waals surface area contributed by atoms with E-state index in [1.165, 1.54) is 30.0 Å². The Kier molecular flexibility index (Phi) is 3.76. The molecule has 1 aliphatic heterocycles. The van der Waals surface area contributed by atoms with Gasteiger partial charge in [-0.2, -0.15) is 21.6 Å². The van der Waals surface area contributed by atoms with Crippen LogP contribution in [-0.4, -0.2) is 37.1 Å². The van der Waals surface area contributed by atoms with Gasteiger partial charge >= 0.3 is 15.6 Å². The van der Waals surface area contributed by atoms with E-state index in [1.54, 1.807) is 6.26 Å². The summed E-state index contributed by atoms with van der Waals surface area (Å²) in [6.45, 7) is 0. The van der Waals surface area contributed by atoms with Crippen LogP contribution in [0, 0.1) is 0 Å². The SMILES string of the molecule is CSc1ccc2c(c1)C(=O)N(OS(=O)(=O)C(F)(F)F)C2=O. The Hall–Kier alpha value is -1.59. The lowest BCUT2D eigenvalue weighted by Crippen LogP contribution is -2.37. The summed E-state index contributed by atoms with van der Waals surface area (Å²) in [6, 6.07) is 3.95. The Morgan fingerprint density at radius 1 is 1.14 bits per heavy atom. The number of hydrogen-bond donors (Lipinski definition) is 0. The van der Waals surface area contributed by atoms with Gasteiger partial charge in [0.05, 0.1) is 11.1 Å². The van der Waals surface area contributed by atoms with Crippen molar-refractivity contribution in [2.45, 2.75) is 10.4 Å². The van der Waals surface area contributed by atoms with Crippen molar-refractivity contribution in [3.05, 3.63) is 29.3 Å². The van der Waals surface area contributed by atoms with Gasteiger partial charge in [-0.1, -0.05) is 0 Å². The van der Waals surface area contributed by atoms with Crippen molar-refractivity contribution in [2.24, 2.45) is 0 Å². The van der Waals surface area contributed by atoms with Crippen LogP contribution in [0.1, 0.15) is 20.7 Å². The summed E-state index contributed by atoms with van der Waals surface area (Å²) in [5, 5.41) is -0.405. The highest BCUT2D eigenvalue weighted by molar-refractivity contribution is 7.98. The third-order valence-electron chi connectivity index (χ3n) is 2.51. The number of halogens is 3. The molecule has 0 aliphatic carbocycles. The number of carbonyl (C=O) groups excluding carboxylic acids is 2. The number of hydroxylamine groups is 2. The summed E-state index contributed by atoms with van der Waals surface area (Å²) in [7, 11) is -6.10. The maximum Gasteiger partial charge on any atom is 0.525 e. The second-order valence-electron chi connectivity index (χ2n) is 3.79. The Morgan fingerprint density at radius 2 is 1.71 bits per heavy atom. The number of nitrogens with zero attached hydrogens (tertiary/aromatic N) is 1. The first kappa shape index (κ1) is 15.8. The van der Waals surface area contributed by atoms with Gasteiger partial charge in [-0.05, 0) is 24.5 Å². The number of carbonyl (C=O) groups is 2. The highest BCUT2D eigenvalue weighted by Gasteiger charge is 2.52. The third kappa shape index (κ3) is 2.63. The van der Waals surface area contributed by atoms with E-state index in [1.807, 2.05) is 0 Å². The molecule has 0 unspecified atom stereocenters. The molecule has 0 atom stereocenters. The first-order valence-electron chi connectivity index (χ1n) is 5.16. The summed E-state index contributed by atoms with van der Waals surface area (Å²) >= 11 is 1.24. The van der Waals surface area contributed by atoms with Gasteiger partial charge in [0.2, 0.25) is 0 Å². The van der Waals surface area contributed by atoms with Crippen LogP contribution in [0.4, 0.5) is 13.2 Å². The van der Waals surface area contributed by atoms with Crippen molar-refractivity contribution in [3.63, 3.8) is 0 Å². The average Bonchev–Trinajstić information content (AvgIpc) is 2.62. The molecule has 0 saturated carbocycles. The molecule has 1 aromatic rings. The minimum Gasteiger partial charge on any atom is -0.266 e. The third-order valence-corrected chi connectivity index (χ3v) is 4.15. The van der Waals surface area contributed by atoms with E-state index < -0.39 is 32.5 Å². The van der Waals surface area contributed by atoms with Crippen molar-refractivity contribution < 1.29 is 35.5 Å². The van der Waals surface area contributed by atoms with Gasteiger partial charge in [0.25, 0.3) is 11.8 Å². The summed E-state index contributed by atoms with van der Waals surface area (Å²) in [4.78, 5) is 24.2. The van der Waals surface area contributed by atoms with Crippen LogP contribution in [0.25, 0.3) is 0 Å². The minimum atomic E-state index is -6.10. The van der Waals surface area contributed by atoms with E-state index in [4.69, 9.17) is 0 Å². The van der Waals surface area contributed by atoms with E-state index in [-0.39, 0.29) is 11.1 Å². The van der Waals surface area contributed by atoms with Gasteiger partial charge < -0.3 is 0 Å². The van der Waals surface area contributed by atoms with Crippen LogP contribution in [0.2, 0.25) is 0 Å². The summed E-state index contributed by atoms with van der Waals surface area (Å²) in [5.41, 5.74) is -6.19. The predicted molar refractivity (Wildman–Crippen MR) is 64.8 cm³/mol. The quantitative estimate of drug-likeness (QED) is 0.474. The molecule has 0 fully saturated rings. The van der Waals surface area contributed by atoms with Gasteiger partial charge in [-0.3, -0.25) is 9.59 Å². The normalized spacial score (nSPS) is 15.5. The molecule has 21 heavy (non-hydrogen) atoms. The Morgan fingerprint density at radius 3 is 2.24 bits per heavy atom.